The Labute approximate surface area is 391 Å². The van der Waals surface area contributed by atoms with Gasteiger partial charge in [0.1, 0.15) is 18.1 Å². The Kier molecular flexibility index (Phi) is 13.7. The van der Waals surface area contributed by atoms with Gasteiger partial charge in [0.2, 0.25) is 11.8 Å². The predicted molar refractivity (Wildman–Crippen MR) is 251 cm³/mol. The van der Waals surface area contributed by atoms with Gasteiger partial charge in [0.15, 0.2) is 5.60 Å². The van der Waals surface area contributed by atoms with Gasteiger partial charge in [0.05, 0.1) is 43.9 Å². The highest BCUT2D eigenvalue weighted by Crippen LogP contribution is 2.42. The van der Waals surface area contributed by atoms with Crippen molar-refractivity contribution in [1.82, 2.24) is 35.1 Å². The lowest BCUT2D eigenvalue weighted by Crippen LogP contribution is -2.64. The van der Waals surface area contributed by atoms with E-state index in [0.717, 1.165) is 56.2 Å². The topological polar surface area (TPSA) is 185 Å². The van der Waals surface area contributed by atoms with Crippen molar-refractivity contribution >= 4 is 40.5 Å². The predicted octanol–water partition coefficient (Wildman–Crippen LogP) is 4.37. The molecule has 16 heteroatoms. The molecule has 356 valence electrons. The second-order valence-electron chi connectivity index (χ2n) is 19.2. The van der Waals surface area contributed by atoms with Crippen LogP contribution in [0.5, 0.6) is 0 Å². The third-order valence-electron chi connectivity index (χ3n) is 13.9. The van der Waals surface area contributed by atoms with Gasteiger partial charge in [-0.3, -0.25) is 34.0 Å². The molecule has 4 aromatic rings. The summed E-state index contributed by atoms with van der Waals surface area (Å²) in [6.45, 7) is 13.2. The number of nitrogens with zero attached hydrogens (tertiary/aromatic N) is 5. The van der Waals surface area contributed by atoms with Crippen LogP contribution in [0, 0.1) is 11.3 Å². The molecule has 0 saturated carbocycles. The van der Waals surface area contributed by atoms with Gasteiger partial charge in [0, 0.05) is 80.6 Å². The molecular weight excluding hydrogens is 855 g/mol. The molecule has 4 aliphatic heterocycles. The van der Waals surface area contributed by atoms with E-state index in [2.05, 4.69) is 66.9 Å². The van der Waals surface area contributed by atoms with Crippen LogP contribution in [0.4, 0.5) is 0 Å². The zero-order chi connectivity index (χ0) is 47.8. The number of aromatic nitrogens is 2. The summed E-state index contributed by atoms with van der Waals surface area (Å²) in [5, 5.41) is 17.0. The lowest BCUT2D eigenvalue weighted by Gasteiger charge is -2.41. The molecule has 16 nitrogen and oxygen atoms in total. The first-order valence-corrected chi connectivity index (χ1v) is 23.3. The number of cyclic esters (lactones) is 1. The zero-order valence-electron chi connectivity index (χ0n) is 39.4. The highest BCUT2D eigenvalue weighted by molar-refractivity contribution is 5.97. The standard InChI is InChI=1S/C51H63N7O9/c1-8-42(59)56-22-19-51(64,29-56)49(63)55(6)44(35-27-66-28-35)46(60)53-40-24-32-13-10-14-33(23-32)34-17-18-41-37(25-34)38(45(57(41)9-2)36-15-11-20-52-43(36)31(3)65-7)26-50(4,5)30-67-48(62)39-16-12-21-58(54-39)47(40)61/h8,10-11,13-15,17-18,20,23,25,31,35,39-40,44,54,64H,1,9,12,16,19,21-22,24,26-30H2,2-7H3,(H,53,60)/t31-,39-,40-,44-,51?/m0/s1. The number of hydrazine groups is 1. The molecule has 4 amide bonds. The van der Waals surface area contributed by atoms with E-state index >= 15 is 0 Å². The molecule has 8 rings (SSSR count). The molecule has 3 fully saturated rings. The Morgan fingerprint density at radius 2 is 1.88 bits per heavy atom. The molecule has 2 aromatic carbocycles. The number of hydrogen-bond acceptors (Lipinski definition) is 11. The normalized spacial score (nSPS) is 23.1. The molecule has 6 heterocycles. The van der Waals surface area contributed by atoms with Crippen molar-refractivity contribution < 1.29 is 43.3 Å². The van der Waals surface area contributed by atoms with E-state index in [-0.39, 0.29) is 58.4 Å². The van der Waals surface area contributed by atoms with E-state index in [1.54, 1.807) is 13.3 Å². The minimum atomic E-state index is -1.92. The number of hydrogen-bond donors (Lipinski definition) is 3. The van der Waals surface area contributed by atoms with Crippen LogP contribution in [-0.2, 0) is 57.6 Å². The molecule has 6 bridgehead atoms. The van der Waals surface area contributed by atoms with Gasteiger partial charge in [-0.1, -0.05) is 50.8 Å². The summed E-state index contributed by atoms with van der Waals surface area (Å²) in [5.41, 5.74) is 8.30. The maximum absolute atomic E-state index is 14.8. The fraction of sp³-hybridized carbons (Fsp3) is 0.490. The summed E-state index contributed by atoms with van der Waals surface area (Å²) in [4.78, 5) is 77.2. The minimum Gasteiger partial charge on any atom is -0.464 e. The third-order valence-corrected chi connectivity index (χ3v) is 13.9. The maximum Gasteiger partial charge on any atom is 0.324 e. The lowest BCUT2D eigenvalue weighted by atomic mass is 9.84. The molecule has 4 aliphatic rings. The van der Waals surface area contributed by atoms with Crippen LogP contribution in [0.15, 0.2) is 73.4 Å². The first-order chi connectivity index (χ1) is 32.1. The number of esters is 1. The molecular formula is C51H63N7O9. The molecule has 1 unspecified atom stereocenters. The average molecular weight is 918 g/mol. The lowest BCUT2D eigenvalue weighted by molar-refractivity contribution is -0.162. The summed E-state index contributed by atoms with van der Waals surface area (Å²) in [7, 11) is 3.13. The second kappa shape index (κ2) is 19.3. The monoisotopic (exact) mass is 917 g/mol. The van der Waals surface area contributed by atoms with E-state index < -0.39 is 64.7 Å². The molecule has 3 saturated heterocycles. The van der Waals surface area contributed by atoms with Crippen molar-refractivity contribution in [3.8, 4) is 22.4 Å². The quantitative estimate of drug-likeness (QED) is 0.152. The Morgan fingerprint density at radius 3 is 2.60 bits per heavy atom. The molecule has 5 atom stereocenters. The number of benzene rings is 2. The van der Waals surface area contributed by atoms with Crippen LogP contribution >= 0.6 is 0 Å². The van der Waals surface area contributed by atoms with Crippen LogP contribution in [-0.4, -0.2) is 136 Å². The molecule has 3 N–H and O–H groups in total. The van der Waals surface area contributed by atoms with Crippen molar-refractivity contribution in [2.24, 2.45) is 11.3 Å². The smallest absolute Gasteiger partial charge is 0.324 e. The number of carbonyl (C=O) groups excluding carboxylic acids is 5. The SMILES string of the molecule is C=CC(=O)N1CCC(O)(C(=O)N(C)[C@H](C(=O)N[C@H]2Cc3cccc(c3)-c3ccc4c(c3)c(c(-c3cccnc3[C@H](C)OC)n4CC)CC(C)(C)COC(=O)[C@@H]3CCCN(N3)C2=O)C2COC2)C1. The van der Waals surface area contributed by atoms with Gasteiger partial charge < -0.3 is 39.0 Å². The van der Waals surface area contributed by atoms with Gasteiger partial charge in [-0.2, -0.15) is 0 Å². The van der Waals surface area contributed by atoms with Crippen LogP contribution in [0.2, 0.25) is 0 Å². The first-order valence-electron chi connectivity index (χ1n) is 23.3. The van der Waals surface area contributed by atoms with Crippen LogP contribution < -0.4 is 10.7 Å². The summed E-state index contributed by atoms with van der Waals surface area (Å²) in [6, 6.07) is 15.3. The van der Waals surface area contributed by atoms with E-state index in [9.17, 15) is 29.1 Å². The van der Waals surface area contributed by atoms with E-state index in [1.165, 1.54) is 21.9 Å². The number of β-amino-alcohol motifs (C(OH)–C–C–N with tert-alkyl or cyclic N) is 1. The summed E-state index contributed by atoms with van der Waals surface area (Å²) in [6.07, 6.45) is 4.24. The Hall–Kier alpha value is -5.94. The number of fused-ring (bicyclic) bond motifs is 6. The Morgan fingerprint density at radius 1 is 1.10 bits per heavy atom. The van der Waals surface area contributed by atoms with Crippen molar-refractivity contribution in [2.75, 3.05) is 53.6 Å². The zero-order valence-corrected chi connectivity index (χ0v) is 39.4. The summed E-state index contributed by atoms with van der Waals surface area (Å²) in [5.74, 6) is -3.07. The van der Waals surface area contributed by atoms with Crippen LogP contribution in [0.1, 0.15) is 69.9 Å². The van der Waals surface area contributed by atoms with Gasteiger partial charge >= 0.3 is 5.97 Å². The highest BCUT2D eigenvalue weighted by Gasteiger charge is 2.50. The van der Waals surface area contributed by atoms with Crippen molar-refractivity contribution in [2.45, 2.75) is 96.2 Å². The van der Waals surface area contributed by atoms with Crippen molar-refractivity contribution in [1.29, 1.82) is 0 Å². The molecule has 67 heavy (non-hydrogen) atoms. The number of likely N-dealkylation sites (N-methyl/N-ethyl adjacent to an activating group) is 1. The van der Waals surface area contributed by atoms with E-state index in [4.69, 9.17) is 19.2 Å². The number of pyridine rings is 1. The van der Waals surface area contributed by atoms with Crippen molar-refractivity contribution in [3.63, 3.8) is 0 Å². The van der Waals surface area contributed by atoms with Gasteiger partial charge in [0.25, 0.3) is 11.8 Å². The molecule has 0 radical (unpaired) electrons. The number of aliphatic hydroxyl groups is 1. The number of likely N-dealkylation sites (tertiary alicyclic amines) is 1. The maximum atomic E-state index is 14.8. The first kappa shape index (κ1) is 47.5. The third kappa shape index (κ3) is 9.49. The van der Waals surface area contributed by atoms with Crippen LogP contribution in [0.25, 0.3) is 33.3 Å². The fourth-order valence-electron chi connectivity index (χ4n) is 10.1. The highest BCUT2D eigenvalue weighted by atomic mass is 16.5. The van der Waals surface area contributed by atoms with E-state index in [0.29, 0.717) is 25.8 Å². The fourth-order valence-corrected chi connectivity index (χ4v) is 10.1. The van der Waals surface area contributed by atoms with Crippen molar-refractivity contribution in [3.05, 3.63) is 90.3 Å². The largest absolute Gasteiger partial charge is 0.464 e. The Bertz CT molecular complexity index is 2570. The summed E-state index contributed by atoms with van der Waals surface area (Å²) < 4.78 is 19.7. The molecule has 0 aliphatic carbocycles. The van der Waals surface area contributed by atoms with Gasteiger partial charge in [-0.05, 0) is 85.7 Å². The second-order valence-corrected chi connectivity index (χ2v) is 19.2. The number of amides is 4. The molecule has 0 spiro atoms. The average Bonchev–Trinajstić information content (AvgIpc) is 3.87. The minimum absolute atomic E-state index is 0.0105. The molecule has 2 aromatic heterocycles. The number of carbonyl (C=O) groups is 5. The summed E-state index contributed by atoms with van der Waals surface area (Å²) >= 11 is 0. The van der Waals surface area contributed by atoms with E-state index in [1.807, 2.05) is 37.3 Å². The van der Waals surface area contributed by atoms with Gasteiger partial charge in [-0.25, -0.2) is 5.43 Å². The number of ether oxygens (including phenoxy) is 3. The van der Waals surface area contributed by atoms with Gasteiger partial charge in [-0.15, -0.1) is 0 Å². The number of nitrogens with one attached hydrogen (secondary N) is 2. The number of aryl methyl sites for hydroxylation is 1. The number of methoxy groups -OCH3 is 1. The Balaban J connectivity index is 1.19. The number of rotatable bonds is 10. The van der Waals surface area contributed by atoms with Crippen LogP contribution in [0.3, 0.4) is 0 Å².